The molecule has 3 aromatic rings. The van der Waals surface area contributed by atoms with Crippen LogP contribution in [-0.2, 0) is 4.79 Å². The normalized spacial score (nSPS) is 10.3. The van der Waals surface area contributed by atoms with Crippen LogP contribution in [0.25, 0.3) is 0 Å². The Balaban J connectivity index is 1.62. The standard InChI is InChI=1S/C23H21N3O5/c1-15-6-5-7-18(12-15)31-21-9-4-3-8-19(21)25-22(27)14-24-23(28)17-10-11-20(26(29)30)16(2)13-17/h3-13H,14H2,1-2H3,(H,24,28)(H,25,27). The lowest BCUT2D eigenvalue weighted by atomic mass is 10.1. The van der Waals surface area contributed by atoms with E-state index in [4.69, 9.17) is 4.74 Å². The highest BCUT2D eigenvalue weighted by atomic mass is 16.6. The number of hydrogen-bond donors (Lipinski definition) is 2. The quantitative estimate of drug-likeness (QED) is 0.436. The number of nitro groups is 1. The van der Waals surface area contributed by atoms with Gasteiger partial charge in [0.1, 0.15) is 5.75 Å². The number of benzene rings is 3. The fourth-order valence-corrected chi connectivity index (χ4v) is 2.92. The van der Waals surface area contributed by atoms with E-state index in [-0.39, 0.29) is 17.8 Å². The molecule has 0 radical (unpaired) electrons. The molecule has 3 rings (SSSR count). The first kappa shape index (κ1) is 21.5. The molecular weight excluding hydrogens is 398 g/mol. The van der Waals surface area contributed by atoms with Crippen LogP contribution in [0.5, 0.6) is 11.5 Å². The predicted molar refractivity (Wildman–Crippen MR) is 116 cm³/mol. The summed E-state index contributed by atoms with van der Waals surface area (Å²) >= 11 is 0. The third-order valence-corrected chi connectivity index (χ3v) is 4.44. The minimum atomic E-state index is -0.513. The van der Waals surface area contributed by atoms with Gasteiger partial charge in [-0.05, 0) is 55.8 Å². The van der Waals surface area contributed by atoms with E-state index in [0.717, 1.165) is 5.56 Å². The van der Waals surface area contributed by atoms with Crippen LogP contribution in [0, 0.1) is 24.0 Å². The Hall–Kier alpha value is -4.20. The Kier molecular flexibility index (Phi) is 6.61. The van der Waals surface area contributed by atoms with E-state index in [1.807, 2.05) is 31.2 Å². The van der Waals surface area contributed by atoms with Crippen LogP contribution >= 0.6 is 0 Å². The topological polar surface area (TPSA) is 111 Å². The molecule has 0 saturated carbocycles. The van der Waals surface area contributed by atoms with E-state index in [0.29, 0.717) is 22.7 Å². The first-order valence-electron chi connectivity index (χ1n) is 9.50. The molecular formula is C23H21N3O5. The molecule has 0 aliphatic rings. The zero-order valence-electron chi connectivity index (χ0n) is 17.0. The summed E-state index contributed by atoms with van der Waals surface area (Å²) in [6.07, 6.45) is 0. The number of hydrogen-bond acceptors (Lipinski definition) is 5. The number of nitrogens with one attached hydrogen (secondary N) is 2. The summed E-state index contributed by atoms with van der Waals surface area (Å²) in [5.41, 5.74) is 2.04. The van der Waals surface area contributed by atoms with E-state index in [1.54, 1.807) is 31.2 Å². The van der Waals surface area contributed by atoms with Gasteiger partial charge in [-0.15, -0.1) is 0 Å². The molecule has 3 aromatic carbocycles. The summed E-state index contributed by atoms with van der Waals surface area (Å²) in [6, 6.07) is 18.5. The number of aryl methyl sites for hydroxylation is 2. The van der Waals surface area contributed by atoms with Crippen molar-refractivity contribution in [3.05, 3.63) is 93.5 Å². The largest absolute Gasteiger partial charge is 0.455 e. The van der Waals surface area contributed by atoms with Gasteiger partial charge < -0.3 is 15.4 Å². The number of anilines is 1. The van der Waals surface area contributed by atoms with Gasteiger partial charge in [0.2, 0.25) is 5.91 Å². The molecule has 8 nitrogen and oxygen atoms in total. The van der Waals surface area contributed by atoms with Gasteiger partial charge in [-0.25, -0.2) is 0 Å². The fraction of sp³-hybridized carbons (Fsp3) is 0.130. The molecule has 0 aliphatic carbocycles. The van der Waals surface area contributed by atoms with Crippen LogP contribution in [0.4, 0.5) is 11.4 Å². The molecule has 8 heteroatoms. The van der Waals surface area contributed by atoms with Gasteiger partial charge in [0.15, 0.2) is 5.75 Å². The summed E-state index contributed by atoms with van der Waals surface area (Å²) in [5.74, 6) is 0.173. The molecule has 31 heavy (non-hydrogen) atoms. The molecule has 0 spiro atoms. The van der Waals surface area contributed by atoms with Crippen molar-refractivity contribution in [2.75, 3.05) is 11.9 Å². The summed E-state index contributed by atoms with van der Waals surface area (Å²) in [5, 5.41) is 16.1. The molecule has 0 saturated heterocycles. The summed E-state index contributed by atoms with van der Waals surface area (Å²) in [6.45, 7) is 3.23. The van der Waals surface area contributed by atoms with Crippen molar-refractivity contribution in [1.29, 1.82) is 0 Å². The molecule has 2 N–H and O–H groups in total. The summed E-state index contributed by atoms with van der Waals surface area (Å²) in [4.78, 5) is 35.0. The predicted octanol–water partition coefficient (Wildman–Crippen LogP) is 4.37. The van der Waals surface area contributed by atoms with Crippen LogP contribution in [0.2, 0.25) is 0 Å². The Morgan fingerprint density at radius 2 is 1.77 bits per heavy atom. The van der Waals surface area contributed by atoms with Crippen molar-refractivity contribution >= 4 is 23.2 Å². The molecule has 158 valence electrons. The third-order valence-electron chi connectivity index (χ3n) is 4.44. The number of para-hydroxylation sites is 2. The maximum absolute atomic E-state index is 12.3. The Morgan fingerprint density at radius 3 is 2.48 bits per heavy atom. The number of ether oxygens (including phenoxy) is 1. The number of nitro benzene ring substituents is 1. The molecule has 0 unspecified atom stereocenters. The van der Waals surface area contributed by atoms with Crippen molar-refractivity contribution < 1.29 is 19.2 Å². The minimum absolute atomic E-state index is 0.0699. The average molecular weight is 419 g/mol. The highest BCUT2D eigenvalue weighted by Gasteiger charge is 2.15. The van der Waals surface area contributed by atoms with Gasteiger partial charge in [0.25, 0.3) is 11.6 Å². The van der Waals surface area contributed by atoms with E-state index < -0.39 is 16.7 Å². The van der Waals surface area contributed by atoms with Crippen molar-refractivity contribution in [3.8, 4) is 11.5 Å². The maximum atomic E-state index is 12.3. The van der Waals surface area contributed by atoms with Crippen LogP contribution < -0.4 is 15.4 Å². The monoisotopic (exact) mass is 419 g/mol. The zero-order chi connectivity index (χ0) is 22.4. The number of amides is 2. The first-order valence-corrected chi connectivity index (χ1v) is 9.50. The second kappa shape index (κ2) is 9.53. The van der Waals surface area contributed by atoms with E-state index >= 15 is 0 Å². The van der Waals surface area contributed by atoms with E-state index in [2.05, 4.69) is 10.6 Å². The van der Waals surface area contributed by atoms with Gasteiger partial charge in [-0.1, -0.05) is 24.3 Å². The number of rotatable bonds is 7. The second-order valence-corrected chi connectivity index (χ2v) is 6.90. The van der Waals surface area contributed by atoms with Crippen LogP contribution in [0.15, 0.2) is 66.7 Å². The molecule has 0 bridgehead atoms. The molecule has 2 amide bonds. The number of carbonyl (C=O) groups is 2. The van der Waals surface area contributed by atoms with Crippen molar-refractivity contribution in [2.45, 2.75) is 13.8 Å². The lowest BCUT2D eigenvalue weighted by Gasteiger charge is -2.13. The molecule has 0 aromatic heterocycles. The fourth-order valence-electron chi connectivity index (χ4n) is 2.92. The number of nitrogens with zero attached hydrogens (tertiary/aromatic N) is 1. The Labute approximate surface area is 179 Å². The van der Waals surface area contributed by atoms with Crippen LogP contribution in [-0.4, -0.2) is 23.3 Å². The lowest BCUT2D eigenvalue weighted by Crippen LogP contribution is -2.33. The summed E-state index contributed by atoms with van der Waals surface area (Å²) in [7, 11) is 0. The minimum Gasteiger partial charge on any atom is -0.455 e. The maximum Gasteiger partial charge on any atom is 0.272 e. The highest BCUT2D eigenvalue weighted by Crippen LogP contribution is 2.29. The summed E-state index contributed by atoms with van der Waals surface area (Å²) < 4.78 is 5.87. The highest BCUT2D eigenvalue weighted by molar-refractivity contribution is 6.00. The molecule has 0 heterocycles. The van der Waals surface area contributed by atoms with Gasteiger partial charge >= 0.3 is 0 Å². The van der Waals surface area contributed by atoms with Gasteiger partial charge in [-0.3, -0.25) is 19.7 Å². The van der Waals surface area contributed by atoms with E-state index in [1.165, 1.54) is 18.2 Å². The van der Waals surface area contributed by atoms with Crippen molar-refractivity contribution in [1.82, 2.24) is 5.32 Å². The van der Waals surface area contributed by atoms with Crippen LogP contribution in [0.3, 0.4) is 0 Å². The molecule has 0 atom stereocenters. The average Bonchev–Trinajstić information content (AvgIpc) is 2.73. The molecule has 0 fully saturated rings. The van der Waals surface area contributed by atoms with Crippen molar-refractivity contribution in [3.63, 3.8) is 0 Å². The zero-order valence-corrected chi connectivity index (χ0v) is 17.0. The van der Waals surface area contributed by atoms with Crippen LogP contribution in [0.1, 0.15) is 21.5 Å². The van der Waals surface area contributed by atoms with Gasteiger partial charge in [0.05, 0.1) is 17.2 Å². The van der Waals surface area contributed by atoms with Gasteiger partial charge in [0, 0.05) is 17.2 Å². The Bertz CT molecular complexity index is 1140. The second-order valence-electron chi connectivity index (χ2n) is 6.90. The molecule has 0 aliphatic heterocycles. The Morgan fingerprint density at radius 1 is 1.00 bits per heavy atom. The van der Waals surface area contributed by atoms with Gasteiger partial charge in [-0.2, -0.15) is 0 Å². The first-order chi connectivity index (χ1) is 14.8. The van der Waals surface area contributed by atoms with Crippen molar-refractivity contribution in [2.24, 2.45) is 0 Å². The SMILES string of the molecule is Cc1cccc(Oc2ccccc2NC(=O)CNC(=O)c2ccc([N+](=O)[O-])c(C)c2)c1. The smallest absolute Gasteiger partial charge is 0.272 e. The third kappa shape index (κ3) is 5.66. The van der Waals surface area contributed by atoms with E-state index in [9.17, 15) is 19.7 Å². The number of carbonyl (C=O) groups excluding carboxylic acids is 2. The lowest BCUT2D eigenvalue weighted by molar-refractivity contribution is -0.385.